The first-order chi connectivity index (χ1) is 11.6. The number of rotatable bonds is 7. The Hall–Kier alpha value is -2.34. The summed E-state index contributed by atoms with van der Waals surface area (Å²) in [6.45, 7) is 0.511. The van der Waals surface area contributed by atoms with Crippen LogP contribution in [-0.2, 0) is 11.3 Å². The van der Waals surface area contributed by atoms with Gasteiger partial charge in [-0.05, 0) is 31.0 Å². The Bertz CT molecular complexity index is 787. The lowest BCUT2D eigenvalue weighted by atomic mass is 10.3. The van der Waals surface area contributed by atoms with Crippen LogP contribution in [0.5, 0.6) is 5.75 Å². The molecule has 6 nitrogen and oxygen atoms in total. The predicted octanol–water partition coefficient (Wildman–Crippen LogP) is 1.97. The molecule has 1 fully saturated rings. The van der Waals surface area contributed by atoms with E-state index in [1.54, 1.807) is 30.3 Å². The third-order valence-corrected chi connectivity index (χ3v) is 4.04. The quantitative estimate of drug-likeness (QED) is 0.831. The Morgan fingerprint density at radius 2 is 2.08 bits per heavy atom. The van der Waals surface area contributed by atoms with E-state index in [9.17, 15) is 9.59 Å². The highest BCUT2D eigenvalue weighted by molar-refractivity contribution is 6.32. The molecule has 1 aromatic heterocycles. The Labute approximate surface area is 144 Å². The van der Waals surface area contributed by atoms with E-state index in [1.807, 2.05) is 0 Å². The van der Waals surface area contributed by atoms with E-state index < -0.39 is 0 Å². The summed E-state index contributed by atoms with van der Waals surface area (Å²) in [7, 11) is 0. The smallest absolute Gasteiger partial charge is 0.266 e. The fraction of sp³-hybridized carbons (Fsp3) is 0.353. The number of benzene rings is 1. The maximum absolute atomic E-state index is 11.8. The Morgan fingerprint density at radius 1 is 1.29 bits per heavy atom. The van der Waals surface area contributed by atoms with Crippen molar-refractivity contribution in [2.45, 2.75) is 25.3 Å². The summed E-state index contributed by atoms with van der Waals surface area (Å²) in [6, 6.07) is 10.3. The maximum atomic E-state index is 11.8. The topological polar surface area (TPSA) is 73.2 Å². The van der Waals surface area contributed by atoms with Crippen LogP contribution in [0, 0.1) is 0 Å². The fourth-order valence-electron chi connectivity index (χ4n) is 2.28. The zero-order valence-electron chi connectivity index (χ0n) is 13.1. The number of ether oxygens (including phenoxy) is 1. The van der Waals surface area contributed by atoms with Crippen LogP contribution in [0.15, 0.2) is 41.2 Å². The average molecular weight is 348 g/mol. The van der Waals surface area contributed by atoms with E-state index in [-0.39, 0.29) is 18.1 Å². The van der Waals surface area contributed by atoms with E-state index in [4.69, 9.17) is 16.3 Å². The van der Waals surface area contributed by atoms with Gasteiger partial charge in [0.25, 0.3) is 11.5 Å². The number of amides is 1. The molecule has 1 aliphatic carbocycles. The highest BCUT2D eigenvalue weighted by Gasteiger charge is 2.25. The van der Waals surface area contributed by atoms with E-state index in [0.29, 0.717) is 29.8 Å². The molecule has 2 aromatic rings. The third kappa shape index (κ3) is 4.35. The van der Waals surface area contributed by atoms with Crippen molar-refractivity contribution in [3.8, 4) is 5.75 Å². The molecule has 0 radical (unpaired) electrons. The van der Waals surface area contributed by atoms with Gasteiger partial charge in [-0.3, -0.25) is 9.59 Å². The highest BCUT2D eigenvalue weighted by Crippen LogP contribution is 2.38. The molecule has 1 aromatic carbocycles. The molecule has 0 saturated heterocycles. The standard InChI is InChI=1S/C17H18ClN3O3/c18-13-3-1-2-4-15(13)24-11-16(22)19-9-10-21-17(23)8-7-14(20-21)12-5-6-12/h1-4,7-8,12H,5-6,9-11H2,(H,19,22). The van der Waals surface area contributed by atoms with Crippen molar-refractivity contribution in [2.75, 3.05) is 13.2 Å². The zero-order valence-corrected chi connectivity index (χ0v) is 13.8. The monoisotopic (exact) mass is 347 g/mol. The Morgan fingerprint density at radius 3 is 2.83 bits per heavy atom. The largest absolute Gasteiger partial charge is 0.482 e. The number of carbonyl (C=O) groups excluding carboxylic acids is 1. The SMILES string of the molecule is O=C(COc1ccccc1Cl)NCCn1nc(C2CC2)ccc1=O. The molecule has 0 unspecified atom stereocenters. The van der Waals surface area contributed by atoms with Crippen LogP contribution in [-0.4, -0.2) is 28.8 Å². The van der Waals surface area contributed by atoms with Gasteiger partial charge in [0.2, 0.25) is 0 Å². The van der Waals surface area contributed by atoms with Gasteiger partial charge in [0.1, 0.15) is 5.75 Å². The molecule has 1 heterocycles. The van der Waals surface area contributed by atoms with Crippen LogP contribution >= 0.6 is 11.6 Å². The van der Waals surface area contributed by atoms with E-state index >= 15 is 0 Å². The van der Waals surface area contributed by atoms with Crippen molar-refractivity contribution < 1.29 is 9.53 Å². The molecule has 7 heteroatoms. The first kappa shape index (κ1) is 16.5. The van der Waals surface area contributed by atoms with Gasteiger partial charge in [0, 0.05) is 18.5 Å². The van der Waals surface area contributed by atoms with Crippen molar-refractivity contribution in [2.24, 2.45) is 0 Å². The number of halogens is 1. The minimum absolute atomic E-state index is 0.131. The molecule has 0 atom stereocenters. The van der Waals surface area contributed by atoms with Crippen LogP contribution in [0.25, 0.3) is 0 Å². The van der Waals surface area contributed by atoms with Crippen molar-refractivity contribution >= 4 is 17.5 Å². The lowest BCUT2D eigenvalue weighted by molar-refractivity contribution is -0.123. The fourth-order valence-corrected chi connectivity index (χ4v) is 2.47. The van der Waals surface area contributed by atoms with Crippen LogP contribution < -0.4 is 15.6 Å². The molecule has 1 N–H and O–H groups in total. The van der Waals surface area contributed by atoms with Crippen LogP contribution in [0.4, 0.5) is 0 Å². The number of hydrogen-bond acceptors (Lipinski definition) is 4. The molecular weight excluding hydrogens is 330 g/mol. The molecule has 3 rings (SSSR count). The van der Waals surface area contributed by atoms with Crippen LogP contribution in [0.3, 0.4) is 0 Å². The normalized spacial score (nSPS) is 13.5. The second kappa shape index (κ2) is 7.49. The third-order valence-electron chi connectivity index (χ3n) is 3.72. The predicted molar refractivity (Wildman–Crippen MR) is 90.4 cm³/mol. The molecule has 24 heavy (non-hydrogen) atoms. The lowest BCUT2D eigenvalue weighted by Crippen LogP contribution is -2.34. The number of aromatic nitrogens is 2. The van der Waals surface area contributed by atoms with Gasteiger partial charge < -0.3 is 10.1 Å². The molecule has 0 aliphatic heterocycles. The summed E-state index contributed by atoms with van der Waals surface area (Å²) in [6.07, 6.45) is 2.25. The number of carbonyl (C=O) groups is 1. The molecule has 0 bridgehead atoms. The second-order valence-electron chi connectivity index (χ2n) is 5.66. The summed E-state index contributed by atoms with van der Waals surface area (Å²) >= 11 is 5.95. The number of para-hydroxylation sites is 1. The molecule has 126 valence electrons. The van der Waals surface area contributed by atoms with Crippen molar-refractivity contribution in [1.82, 2.24) is 15.1 Å². The number of hydrogen-bond donors (Lipinski definition) is 1. The van der Waals surface area contributed by atoms with Crippen molar-refractivity contribution in [3.63, 3.8) is 0 Å². The molecule has 1 amide bonds. The van der Waals surface area contributed by atoms with Crippen LogP contribution in [0.2, 0.25) is 5.02 Å². The molecule has 1 saturated carbocycles. The molecular formula is C17H18ClN3O3. The Balaban J connectivity index is 1.46. The first-order valence-corrected chi connectivity index (χ1v) is 8.23. The average Bonchev–Trinajstić information content (AvgIpc) is 3.41. The van der Waals surface area contributed by atoms with Crippen LogP contribution in [0.1, 0.15) is 24.5 Å². The van der Waals surface area contributed by atoms with Gasteiger partial charge >= 0.3 is 0 Å². The lowest BCUT2D eigenvalue weighted by Gasteiger charge is -2.09. The van der Waals surface area contributed by atoms with Gasteiger partial charge in [-0.15, -0.1) is 0 Å². The van der Waals surface area contributed by atoms with E-state index in [2.05, 4.69) is 10.4 Å². The Kier molecular flexibility index (Phi) is 5.15. The van der Waals surface area contributed by atoms with Gasteiger partial charge in [-0.25, -0.2) is 4.68 Å². The van der Waals surface area contributed by atoms with Gasteiger partial charge in [-0.2, -0.15) is 5.10 Å². The van der Waals surface area contributed by atoms with Crippen molar-refractivity contribution in [3.05, 3.63) is 57.5 Å². The first-order valence-electron chi connectivity index (χ1n) is 7.85. The zero-order chi connectivity index (χ0) is 16.9. The highest BCUT2D eigenvalue weighted by atomic mass is 35.5. The van der Waals surface area contributed by atoms with E-state index in [1.165, 1.54) is 10.7 Å². The second-order valence-corrected chi connectivity index (χ2v) is 6.07. The molecule has 1 aliphatic rings. The van der Waals surface area contributed by atoms with Gasteiger partial charge in [0.05, 0.1) is 17.3 Å². The summed E-state index contributed by atoms with van der Waals surface area (Å²) in [4.78, 5) is 23.6. The minimum Gasteiger partial charge on any atom is -0.482 e. The summed E-state index contributed by atoms with van der Waals surface area (Å²) < 4.78 is 6.75. The van der Waals surface area contributed by atoms with E-state index in [0.717, 1.165) is 18.5 Å². The summed E-state index contributed by atoms with van der Waals surface area (Å²) in [5.41, 5.74) is 0.781. The summed E-state index contributed by atoms with van der Waals surface area (Å²) in [5.74, 6) is 0.668. The summed E-state index contributed by atoms with van der Waals surface area (Å²) in [5, 5.41) is 7.50. The van der Waals surface area contributed by atoms with Gasteiger partial charge in [0.15, 0.2) is 6.61 Å². The molecule has 0 spiro atoms. The number of nitrogens with one attached hydrogen (secondary N) is 1. The number of nitrogens with zero attached hydrogens (tertiary/aromatic N) is 2. The van der Waals surface area contributed by atoms with Crippen molar-refractivity contribution in [1.29, 1.82) is 0 Å². The van der Waals surface area contributed by atoms with Gasteiger partial charge in [-0.1, -0.05) is 23.7 Å². The minimum atomic E-state index is -0.277. The maximum Gasteiger partial charge on any atom is 0.266 e.